The van der Waals surface area contributed by atoms with Crippen molar-refractivity contribution in [1.29, 1.82) is 0 Å². The molecule has 0 aliphatic carbocycles. The first kappa shape index (κ1) is 15.5. The van der Waals surface area contributed by atoms with Crippen LogP contribution in [-0.2, 0) is 4.79 Å². The van der Waals surface area contributed by atoms with Crippen LogP contribution in [0.15, 0.2) is 66.0 Å². The molecule has 7 heteroatoms. The van der Waals surface area contributed by atoms with E-state index in [1.807, 2.05) is 0 Å². The van der Waals surface area contributed by atoms with Crippen LogP contribution in [0.5, 0.6) is 0 Å². The van der Waals surface area contributed by atoms with Crippen molar-refractivity contribution in [3.8, 4) is 11.3 Å². The molecule has 3 aromatic heterocycles. The third-order valence-electron chi connectivity index (χ3n) is 3.50. The molecular formula is C17H15N5O2. The molecule has 0 bridgehead atoms. The fourth-order valence-corrected chi connectivity index (χ4v) is 2.17. The molecule has 120 valence electrons. The molecule has 1 unspecified atom stereocenters. The Hall–Kier alpha value is -3.35. The minimum atomic E-state index is -0.757. The first-order valence-electron chi connectivity index (χ1n) is 7.36. The van der Waals surface area contributed by atoms with Gasteiger partial charge in [-0.1, -0.05) is 0 Å². The SMILES string of the molecule is CC(C(=O)Nc1ccncc1)n1nc(-c2ccncc2)ccc1=O. The molecule has 0 spiro atoms. The molecule has 3 heterocycles. The second-order valence-corrected chi connectivity index (χ2v) is 5.14. The summed E-state index contributed by atoms with van der Waals surface area (Å²) in [6.45, 7) is 1.63. The van der Waals surface area contributed by atoms with Crippen LogP contribution in [0, 0.1) is 0 Å². The predicted octanol–water partition coefficient (Wildman–Crippen LogP) is 1.90. The lowest BCUT2D eigenvalue weighted by molar-refractivity contribution is -0.119. The monoisotopic (exact) mass is 321 g/mol. The molecular weight excluding hydrogens is 306 g/mol. The first-order valence-corrected chi connectivity index (χ1v) is 7.36. The summed E-state index contributed by atoms with van der Waals surface area (Å²) in [5, 5.41) is 7.05. The van der Waals surface area contributed by atoms with Gasteiger partial charge < -0.3 is 5.32 Å². The Balaban J connectivity index is 1.88. The molecule has 1 amide bonds. The van der Waals surface area contributed by atoms with Gasteiger partial charge in [-0.05, 0) is 37.3 Å². The van der Waals surface area contributed by atoms with Crippen LogP contribution in [0.4, 0.5) is 5.69 Å². The fraction of sp³-hybridized carbons (Fsp3) is 0.118. The van der Waals surface area contributed by atoms with Gasteiger partial charge in [0.15, 0.2) is 0 Å². The van der Waals surface area contributed by atoms with Crippen molar-refractivity contribution in [2.24, 2.45) is 0 Å². The number of hydrogen-bond acceptors (Lipinski definition) is 5. The van der Waals surface area contributed by atoms with E-state index in [4.69, 9.17) is 0 Å². The maximum absolute atomic E-state index is 12.4. The summed E-state index contributed by atoms with van der Waals surface area (Å²) < 4.78 is 1.17. The molecule has 24 heavy (non-hydrogen) atoms. The van der Waals surface area contributed by atoms with Crippen LogP contribution in [0.3, 0.4) is 0 Å². The van der Waals surface area contributed by atoms with Gasteiger partial charge in [0.05, 0.1) is 5.69 Å². The second kappa shape index (κ2) is 6.82. The Kier molecular flexibility index (Phi) is 4.42. The Labute approximate surface area is 138 Å². The van der Waals surface area contributed by atoms with Crippen LogP contribution in [0.25, 0.3) is 11.3 Å². The zero-order valence-electron chi connectivity index (χ0n) is 13.0. The summed E-state index contributed by atoms with van der Waals surface area (Å²) in [4.78, 5) is 32.3. The van der Waals surface area contributed by atoms with Gasteiger partial charge in [0.2, 0.25) is 5.91 Å². The number of nitrogens with zero attached hydrogens (tertiary/aromatic N) is 4. The molecule has 1 N–H and O–H groups in total. The lowest BCUT2D eigenvalue weighted by Crippen LogP contribution is -2.33. The Morgan fingerprint density at radius 1 is 1.00 bits per heavy atom. The Bertz CT molecular complexity index is 894. The van der Waals surface area contributed by atoms with E-state index in [9.17, 15) is 9.59 Å². The first-order chi connectivity index (χ1) is 11.6. The van der Waals surface area contributed by atoms with Crippen molar-refractivity contribution < 1.29 is 4.79 Å². The molecule has 0 saturated heterocycles. The van der Waals surface area contributed by atoms with Crippen molar-refractivity contribution in [1.82, 2.24) is 19.7 Å². The highest BCUT2D eigenvalue weighted by molar-refractivity contribution is 5.93. The van der Waals surface area contributed by atoms with Crippen LogP contribution >= 0.6 is 0 Å². The van der Waals surface area contributed by atoms with Gasteiger partial charge in [-0.2, -0.15) is 5.10 Å². The Morgan fingerprint density at radius 3 is 2.29 bits per heavy atom. The summed E-state index contributed by atoms with van der Waals surface area (Å²) in [5.41, 5.74) is 1.69. The van der Waals surface area contributed by atoms with Gasteiger partial charge in [-0.3, -0.25) is 19.6 Å². The van der Waals surface area contributed by atoms with E-state index in [1.165, 1.54) is 10.7 Å². The van der Waals surface area contributed by atoms with Gasteiger partial charge in [0, 0.05) is 42.1 Å². The second-order valence-electron chi connectivity index (χ2n) is 5.14. The number of carbonyl (C=O) groups excluding carboxylic acids is 1. The molecule has 3 rings (SSSR count). The van der Waals surface area contributed by atoms with Crippen LogP contribution in [0.1, 0.15) is 13.0 Å². The molecule has 0 aliphatic rings. The molecule has 7 nitrogen and oxygen atoms in total. The summed E-state index contributed by atoms with van der Waals surface area (Å²) in [5.74, 6) is -0.331. The largest absolute Gasteiger partial charge is 0.324 e. The molecule has 0 saturated carbocycles. The van der Waals surface area contributed by atoms with E-state index in [0.29, 0.717) is 11.4 Å². The third kappa shape index (κ3) is 3.35. The lowest BCUT2D eigenvalue weighted by Gasteiger charge is -2.15. The standard InChI is InChI=1S/C17H15N5O2/c1-12(17(24)20-14-6-10-19-11-7-14)22-16(23)3-2-15(21-22)13-4-8-18-9-5-13/h2-12H,1H3,(H,19,20,24). The summed E-state index contributed by atoms with van der Waals surface area (Å²) >= 11 is 0. The third-order valence-corrected chi connectivity index (χ3v) is 3.50. The zero-order chi connectivity index (χ0) is 16.9. The fourth-order valence-electron chi connectivity index (χ4n) is 2.17. The van der Waals surface area contributed by atoms with Crippen molar-refractivity contribution in [2.45, 2.75) is 13.0 Å². The number of carbonyl (C=O) groups is 1. The normalized spacial score (nSPS) is 11.7. The average molecular weight is 321 g/mol. The van der Waals surface area contributed by atoms with Crippen LogP contribution < -0.4 is 10.9 Å². The van der Waals surface area contributed by atoms with Crippen LogP contribution in [-0.4, -0.2) is 25.7 Å². The number of nitrogens with one attached hydrogen (secondary N) is 1. The number of hydrogen-bond donors (Lipinski definition) is 1. The highest BCUT2D eigenvalue weighted by Gasteiger charge is 2.18. The highest BCUT2D eigenvalue weighted by atomic mass is 16.2. The minimum Gasteiger partial charge on any atom is -0.324 e. The zero-order valence-corrected chi connectivity index (χ0v) is 13.0. The van der Waals surface area contributed by atoms with E-state index in [0.717, 1.165) is 5.56 Å². The number of aromatic nitrogens is 4. The lowest BCUT2D eigenvalue weighted by atomic mass is 10.2. The van der Waals surface area contributed by atoms with E-state index < -0.39 is 6.04 Å². The Morgan fingerprint density at radius 2 is 1.62 bits per heavy atom. The van der Waals surface area contributed by atoms with Crippen LogP contribution in [0.2, 0.25) is 0 Å². The maximum Gasteiger partial charge on any atom is 0.267 e. The van der Waals surface area contributed by atoms with Gasteiger partial charge in [-0.25, -0.2) is 4.68 Å². The van der Waals surface area contributed by atoms with E-state index in [-0.39, 0.29) is 11.5 Å². The molecule has 0 aliphatic heterocycles. The van der Waals surface area contributed by atoms with Crippen molar-refractivity contribution in [3.05, 3.63) is 71.5 Å². The van der Waals surface area contributed by atoms with Gasteiger partial charge in [0.25, 0.3) is 5.56 Å². The number of anilines is 1. The maximum atomic E-state index is 12.4. The van der Waals surface area contributed by atoms with Crippen molar-refractivity contribution in [3.63, 3.8) is 0 Å². The van der Waals surface area contributed by atoms with E-state index >= 15 is 0 Å². The molecule has 0 radical (unpaired) electrons. The minimum absolute atomic E-state index is 0.331. The summed E-state index contributed by atoms with van der Waals surface area (Å²) in [7, 11) is 0. The summed E-state index contributed by atoms with van der Waals surface area (Å²) in [6.07, 6.45) is 6.45. The van der Waals surface area contributed by atoms with Gasteiger partial charge >= 0.3 is 0 Å². The highest BCUT2D eigenvalue weighted by Crippen LogP contribution is 2.15. The van der Waals surface area contributed by atoms with E-state index in [2.05, 4.69) is 20.4 Å². The number of pyridine rings is 2. The van der Waals surface area contributed by atoms with Crippen molar-refractivity contribution >= 4 is 11.6 Å². The topological polar surface area (TPSA) is 89.8 Å². The smallest absolute Gasteiger partial charge is 0.267 e. The molecule has 0 fully saturated rings. The summed E-state index contributed by atoms with van der Waals surface area (Å²) in [6, 6.07) is 9.20. The average Bonchev–Trinajstić information content (AvgIpc) is 2.63. The van der Waals surface area contributed by atoms with E-state index in [1.54, 1.807) is 62.0 Å². The quantitative estimate of drug-likeness (QED) is 0.792. The predicted molar refractivity (Wildman–Crippen MR) is 89.3 cm³/mol. The van der Waals surface area contributed by atoms with Gasteiger partial charge in [-0.15, -0.1) is 0 Å². The van der Waals surface area contributed by atoms with Gasteiger partial charge in [0.1, 0.15) is 6.04 Å². The molecule has 3 aromatic rings. The molecule has 0 aromatic carbocycles. The van der Waals surface area contributed by atoms with Crippen molar-refractivity contribution in [2.75, 3.05) is 5.32 Å². The number of rotatable bonds is 4. The number of amides is 1. The molecule has 1 atom stereocenters.